The zero-order valence-corrected chi connectivity index (χ0v) is 6.60. The second-order valence-corrected chi connectivity index (χ2v) is 1.91. The van der Waals surface area contributed by atoms with Crippen LogP contribution >= 0.6 is 0 Å². The third-order valence-corrected chi connectivity index (χ3v) is 0.751. The van der Waals surface area contributed by atoms with Gasteiger partial charge in [0.05, 0.1) is 6.20 Å². The largest absolute Gasteiger partial charge is 0.370 e. The van der Waals surface area contributed by atoms with Gasteiger partial charge in [0.25, 0.3) is 0 Å². The average Bonchev–Trinajstić information content (AvgIpc) is 2.05. The molecule has 0 fully saturated rings. The molecule has 0 atom stereocenters. The highest BCUT2D eigenvalue weighted by atomic mass is 16.3. The van der Waals surface area contributed by atoms with Crippen LogP contribution in [0.5, 0.6) is 0 Å². The van der Waals surface area contributed by atoms with Gasteiger partial charge in [-0.3, -0.25) is 9.78 Å². The van der Waals surface area contributed by atoms with E-state index in [1.807, 2.05) is 0 Å². The first-order valence-electron chi connectivity index (χ1n) is 3.16. The molecule has 0 aromatic carbocycles. The van der Waals surface area contributed by atoms with Crippen molar-refractivity contribution in [2.45, 2.75) is 6.92 Å². The third kappa shape index (κ3) is 6.34. The predicted molar refractivity (Wildman–Crippen MR) is 44.6 cm³/mol. The maximum Gasteiger partial charge on any atom is 0.214 e. The molecule has 0 aliphatic heterocycles. The summed E-state index contributed by atoms with van der Waals surface area (Å²) in [7, 11) is 0. The lowest BCUT2D eigenvalue weighted by Gasteiger charge is -1.80. The number of pyridine rings is 1. The molecule has 0 aliphatic carbocycles. The minimum absolute atomic E-state index is 0.333. The van der Waals surface area contributed by atoms with Gasteiger partial charge in [0.1, 0.15) is 5.69 Å². The van der Waals surface area contributed by atoms with E-state index < -0.39 is 0 Å². The van der Waals surface area contributed by atoms with Crippen LogP contribution < -0.4 is 5.73 Å². The normalized spacial score (nSPS) is 7.75. The highest BCUT2D eigenvalue weighted by Crippen LogP contribution is 2.04. The van der Waals surface area contributed by atoms with Crippen LogP contribution in [0.3, 0.4) is 0 Å². The Morgan fingerprint density at radius 2 is 2.25 bits per heavy atom. The minimum atomic E-state index is -0.333. The number of aromatic nitrogens is 1. The summed E-state index contributed by atoms with van der Waals surface area (Å²) in [4.78, 5) is 22.6. The lowest BCUT2D eigenvalue weighted by Crippen LogP contribution is -2.01. The molecule has 64 valence electrons. The minimum Gasteiger partial charge on any atom is -0.370 e. The van der Waals surface area contributed by atoms with Crippen LogP contribution in [0.1, 0.15) is 6.92 Å². The summed E-state index contributed by atoms with van der Waals surface area (Å²) in [6, 6.07) is 3.26. The second-order valence-electron chi connectivity index (χ2n) is 1.91. The van der Waals surface area contributed by atoms with Crippen molar-refractivity contribution in [2.75, 3.05) is 0 Å². The molecule has 5 heteroatoms. The third-order valence-electron chi connectivity index (χ3n) is 0.751. The fourth-order valence-corrected chi connectivity index (χ4v) is 0.408. The number of carbonyl (C=O) groups excluding carboxylic acids is 1. The highest BCUT2D eigenvalue weighted by Gasteiger charge is 1.82. The molecular weight excluding hydrogens is 158 g/mol. The number of hydrogen-bond acceptors (Lipinski definition) is 4. The molecule has 1 heterocycles. The lowest BCUT2D eigenvalue weighted by molar-refractivity contribution is -0.115. The maximum absolute atomic E-state index is 9.72. The number of rotatable bonds is 1. The number of amides is 1. The van der Waals surface area contributed by atoms with E-state index in [2.05, 4.69) is 15.9 Å². The number of nitrogens with zero attached hydrogens (tertiary/aromatic N) is 2. The van der Waals surface area contributed by atoms with E-state index in [0.29, 0.717) is 5.69 Å². The zero-order chi connectivity index (χ0) is 9.40. The number of carbonyl (C=O) groups is 1. The van der Waals surface area contributed by atoms with Crippen LogP contribution in [-0.4, -0.2) is 10.9 Å². The van der Waals surface area contributed by atoms with Gasteiger partial charge in [0, 0.05) is 13.1 Å². The summed E-state index contributed by atoms with van der Waals surface area (Å²) in [5, 5.41) is 2.66. The number of primary amides is 1. The van der Waals surface area contributed by atoms with Gasteiger partial charge in [-0.15, -0.1) is 4.91 Å². The molecule has 0 saturated heterocycles. The van der Waals surface area contributed by atoms with E-state index in [0.717, 1.165) is 0 Å². The van der Waals surface area contributed by atoms with Crippen LogP contribution in [0.15, 0.2) is 29.7 Å². The summed E-state index contributed by atoms with van der Waals surface area (Å²) < 4.78 is 0. The number of nitroso groups, excluding NO2 is 1. The van der Waals surface area contributed by atoms with Gasteiger partial charge < -0.3 is 5.73 Å². The number of hydrogen-bond donors (Lipinski definition) is 1. The Morgan fingerprint density at radius 3 is 2.50 bits per heavy atom. The summed E-state index contributed by atoms with van der Waals surface area (Å²) >= 11 is 0. The molecule has 1 aromatic rings. The van der Waals surface area contributed by atoms with E-state index in [1.165, 1.54) is 13.1 Å². The van der Waals surface area contributed by atoms with Crippen molar-refractivity contribution in [3.05, 3.63) is 29.4 Å². The first-order valence-corrected chi connectivity index (χ1v) is 3.16. The van der Waals surface area contributed by atoms with Gasteiger partial charge in [-0.2, -0.15) is 0 Å². The van der Waals surface area contributed by atoms with E-state index in [4.69, 9.17) is 0 Å². The first-order chi connectivity index (χ1) is 5.66. The summed E-state index contributed by atoms with van der Waals surface area (Å²) in [6.45, 7) is 1.31. The maximum atomic E-state index is 9.72. The first kappa shape index (κ1) is 10.2. The monoisotopic (exact) mass is 167 g/mol. The quantitative estimate of drug-likeness (QED) is 0.632. The lowest BCUT2D eigenvalue weighted by atomic mass is 10.4. The Hall–Kier alpha value is -1.78. The average molecular weight is 167 g/mol. The van der Waals surface area contributed by atoms with Gasteiger partial charge in [-0.05, 0) is 17.3 Å². The smallest absolute Gasteiger partial charge is 0.214 e. The molecule has 1 aromatic heterocycles. The van der Waals surface area contributed by atoms with Gasteiger partial charge in [0.2, 0.25) is 5.91 Å². The van der Waals surface area contributed by atoms with Gasteiger partial charge in [0.15, 0.2) is 0 Å². The van der Waals surface area contributed by atoms with Gasteiger partial charge >= 0.3 is 0 Å². The van der Waals surface area contributed by atoms with Crippen molar-refractivity contribution >= 4 is 11.6 Å². The van der Waals surface area contributed by atoms with E-state index in [-0.39, 0.29) is 5.91 Å². The molecule has 0 bridgehead atoms. The SMILES string of the molecule is CC(N)=O.O=Nc1cccnc1. The molecular formula is C7H9N3O2. The summed E-state index contributed by atoms with van der Waals surface area (Å²) in [5.74, 6) is -0.333. The molecule has 0 radical (unpaired) electrons. The van der Waals surface area contributed by atoms with Crippen molar-refractivity contribution in [1.29, 1.82) is 0 Å². The molecule has 1 amide bonds. The Morgan fingerprint density at radius 1 is 1.67 bits per heavy atom. The van der Waals surface area contributed by atoms with Crippen LogP contribution in [0.25, 0.3) is 0 Å². The Balaban J connectivity index is 0.000000261. The number of nitrogens with two attached hydrogens (primary N) is 1. The molecule has 0 saturated carbocycles. The Labute approximate surface area is 69.6 Å². The van der Waals surface area contributed by atoms with E-state index >= 15 is 0 Å². The van der Waals surface area contributed by atoms with Crippen molar-refractivity contribution in [2.24, 2.45) is 10.9 Å². The molecule has 2 N–H and O–H groups in total. The Kier molecular flexibility index (Phi) is 5.08. The fraction of sp³-hybridized carbons (Fsp3) is 0.143. The standard InChI is InChI=1S/C5H4N2O.C2H5NO/c8-7-5-2-1-3-6-4-5;1-2(3)4/h1-4H;1H3,(H2,3,4). The van der Waals surface area contributed by atoms with Crippen LogP contribution in [0, 0.1) is 4.91 Å². The zero-order valence-electron chi connectivity index (χ0n) is 6.60. The highest BCUT2D eigenvalue weighted by molar-refractivity contribution is 5.70. The van der Waals surface area contributed by atoms with Gasteiger partial charge in [-0.1, -0.05) is 0 Å². The van der Waals surface area contributed by atoms with Crippen molar-refractivity contribution in [3.63, 3.8) is 0 Å². The van der Waals surface area contributed by atoms with E-state index in [9.17, 15) is 9.70 Å². The summed E-state index contributed by atoms with van der Waals surface area (Å²) in [6.07, 6.45) is 3.00. The Bertz CT molecular complexity index is 244. The molecule has 1 rings (SSSR count). The van der Waals surface area contributed by atoms with Crippen LogP contribution in [0.4, 0.5) is 5.69 Å². The van der Waals surface area contributed by atoms with Crippen molar-refractivity contribution < 1.29 is 4.79 Å². The predicted octanol–water partition coefficient (Wildman–Crippen LogP) is 0.971. The van der Waals surface area contributed by atoms with Gasteiger partial charge in [-0.25, -0.2) is 0 Å². The van der Waals surface area contributed by atoms with Crippen LogP contribution in [0.2, 0.25) is 0 Å². The molecule has 0 spiro atoms. The second kappa shape index (κ2) is 5.96. The molecule has 12 heavy (non-hydrogen) atoms. The fourth-order valence-electron chi connectivity index (χ4n) is 0.408. The van der Waals surface area contributed by atoms with Crippen molar-refractivity contribution in [1.82, 2.24) is 4.98 Å². The topological polar surface area (TPSA) is 85.4 Å². The summed E-state index contributed by atoms with van der Waals surface area (Å²) in [5.41, 5.74) is 4.84. The molecule has 0 aliphatic rings. The van der Waals surface area contributed by atoms with Crippen LogP contribution in [-0.2, 0) is 4.79 Å². The molecule has 5 nitrogen and oxygen atoms in total. The van der Waals surface area contributed by atoms with Crippen molar-refractivity contribution in [3.8, 4) is 0 Å². The van der Waals surface area contributed by atoms with E-state index in [1.54, 1.807) is 18.3 Å². The molecule has 0 unspecified atom stereocenters.